The molecule has 178 valence electrons. The summed E-state index contributed by atoms with van der Waals surface area (Å²) in [6.07, 6.45) is 4.47. The van der Waals surface area contributed by atoms with Gasteiger partial charge in [0.25, 0.3) is 0 Å². The molecule has 2 atom stereocenters. The fourth-order valence-corrected chi connectivity index (χ4v) is 5.27. The van der Waals surface area contributed by atoms with Crippen molar-refractivity contribution in [2.45, 2.75) is 49.8 Å². The molecular weight excluding hydrogens is 421 g/mol. The van der Waals surface area contributed by atoms with Gasteiger partial charge in [0.05, 0.1) is 0 Å². The highest BCUT2D eigenvalue weighted by Crippen LogP contribution is 2.43. The number of aliphatic carboxylic acids is 1. The first-order chi connectivity index (χ1) is 15.9. The van der Waals surface area contributed by atoms with Gasteiger partial charge in [-0.25, -0.2) is 4.39 Å². The van der Waals surface area contributed by atoms with Gasteiger partial charge in [-0.15, -0.1) is 0 Å². The number of hydrogen-bond donors (Lipinski definition) is 3. The average Bonchev–Trinajstić information content (AvgIpc) is 3.27. The topological polar surface area (TPSA) is 73.8 Å². The molecular formula is C26H34FN3O3. The van der Waals surface area contributed by atoms with Crippen LogP contribution in [0.5, 0.6) is 5.75 Å². The second-order valence-electron chi connectivity index (χ2n) is 9.57. The number of rotatable bonds is 8. The summed E-state index contributed by atoms with van der Waals surface area (Å²) in [6.45, 7) is 1.22. The van der Waals surface area contributed by atoms with E-state index in [4.69, 9.17) is 9.84 Å². The van der Waals surface area contributed by atoms with Gasteiger partial charge in [-0.1, -0.05) is 30.3 Å². The summed E-state index contributed by atoms with van der Waals surface area (Å²) in [7, 11) is 4.33. The second kappa shape index (κ2) is 10.1. The van der Waals surface area contributed by atoms with Crippen LogP contribution >= 0.6 is 0 Å². The Bertz CT molecular complexity index is 945. The molecule has 0 bridgehead atoms. The van der Waals surface area contributed by atoms with Crippen LogP contribution in [0.1, 0.15) is 37.7 Å². The van der Waals surface area contributed by atoms with E-state index in [0.29, 0.717) is 30.3 Å². The molecule has 2 aliphatic rings. The van der Waals surface area contributed by atoms with Gasteiger partial charge in [-0.2, -0.15) is 0 Å². The number of carbonyl (C=O) groups is 1. The number of nitrogens with one attached hydrogen (secondary N) is 2. The van der Waals surface area contributed by atoms with Gasteiger partial charge in [0, 0.05) is 42.9 Å². The van der Waals surface area contributed by atoms with E-state index in [9.17, 15) is 9.18 Å². The summed E-state index contributed by atoms with van der Waals surface area (Å²) < 4.78 is 20.1. The van der Waals surface area contributed by atoms with Crippen LogP contribution in [0.3, 0.4) is 0 Å². The maximum absolute atomic E-state index is 14.2. The molecule has 6 nitrogen and oxygen atoms in total. The maximum Gasteiger partial charge on any atom is 0.320 e. The minimum absolute atomic E-state index is 0.0702. The lowest BCUT2D eigenvalue weighted by molar-refractivity contribution is -0.139. The third-order valence-electron chi connectivity index (χ3n) is 7.26. The molecule has 1 aliphatic carbocycles. The predicted octanol–water partition coefficient (Wildman–Crippen LogP) is 4.08. The summed E-state index contributed by atoms with van der Waals surface area (Å²) in [5.41, 5.74) is 2.14. The summed E-state index contributed by atoms with van der Waals surface area (Å²) in [5.74, 6) is -0.310. The number of hydrogen-bond acceptors (Lipinski definition) is 5. The van der Waals surface area contributed by atoms with E-state index >= 15 is 0 Å². The summed E-state index contributed by atoms with van der Waals surface area (Å²) >= 11 is 0. The molecule has 3 N–H and O–H groups in total. The Hall–Kier alpha value is -2.64. The molecule has 2 aromatic rings. The van der Waals surface area contributed by atoms with Crippen LogP contribution in [0.15, 0.2) is 48.5 Å². The Kier molecular flexibility index (Phi) is 7.20. The second-order valence-corrected chi connectivity index (χ2v) is 9.57. The molecule has 2 fully saturated rings. The molecule has 2 aromatic carbocycles. The predicted molar refractivity (Wildman–Crippen MR) is 127 cm³/mol. The highest BCUT2D eigenvalue weighted by Gasteiger charge is 2.38. The lowest BCUT2D eigenvalue weighted by atomic mass is 9.72. The van der Waals surface area contributed by atoms with Crippen molar-refractivity contribution in [1.29, 1.82) is 0 Å². The van der Waals surface area contributed by atoms with Crippen molar-refractivity contribution in [1.82, 2.24) is 10.2 Å². The molecule has 0 unspecified atom stereocenters. The van der Waals surface area contributed by atoms with Crippen molar-refractivity contribution < 1.29 is 19.0 Å². The van der Waals surface area contributed by atoms with Gasteiger partial charge in [-0.05, 0) is 57.3 Å². The lowest BCUT2D eigenvalue weighted by Gasteiger charge is -2.45. The largest absolute Gasteiger partial charge is 0.489 e. The van der Waals surface area contributed by atoms with Crippen molar-refractivity contribution >= 4 is 11.7 Å². The van der Waals surface area contributed by atoms with Crippen molar-refractivity contribution in [3.8, 4) is 5.75 Å². The van der Waals surface area contributed by atoms with Crippen LogP contribution in [-0.4, -0.2) is 55.3 Å². The Labute approximate surface area is 195 Å². The van der Waals surface area contributed by atoms with Crippen LogP contribution in [0.25, 0.3) is 0 Å². The molecule has 0 aromatic heterocycles. The first-order valence-corrected chi connectivity index (χ1v) is 11.8. The zero-order valence-corrected chi connectivity index (χ0v) is 19.4. The Morgan fingerprint density at radius 3 is 2.58 bits per heavy atom. The number of benzene rings is 2. The number of anilines is 1. The van der Waals surface area contributed by atoms with Crippen LogP contribution < -0.4 is 15.4 Å². The molecule has 33 heavy (non-hydrogen) atoms. The lowest BCUT2D eigenvalue weighted by Crippen LogP contribution is -2.45. The summed E-state index contributed by atoms with van der Waals surface area (Å²) in [4.78, 5) is 13.5. The van der Waals surface area contributed by atoms with Gasteiger partial charge in [-0.3, -0.25) is 9.69 Å². The molecule has 1 heterocycles. The molecule has 4 rings (SSSR count). The van der Waals surface area contributed by atoms with Crippen LogP contribution in [0, 0.1) is 11.7 Å². The molecule has 1 saturated heterocycles. The smallest absolute Gasteiger partial charge is 0.320 e. The fourth-order valence-electron chi connectivity index (χ4n) is 5.27. The Morgan fingerprint density at radius 1 is 1.21 bits per heavy atom. The van der Waals surface area contributed by atoms with Crippen LogP contribution in [0.2, 0.25) is 0 Å². The minimum Gasteiger partial charge on any atom is -0.489 e. The number of carboxylic acid groups (broad SMARTS) is 1. The normalized spacial score (nSPS) is 27.5. The zero-order chi connectivity index (χ0) is 23.4. The quantitative estimate of drug-likeness (QED) is 0.557. The number of carboxylic acids is 1. The fraction of sp³-hybridized carbons (Fsp3) is 0.500. The maximum atomic E-state index is 14.2. The summed E-state index contributed by atoms with van der Waals surface area (Å²) in [5, 5.41) is 15.4. The number of nitrogens with zero attached hydrogens (tertiary/aromatic N) is 1. The van der Waals surface area contributed by atoms with E-state index in [1.165, 1.54) is 17.7 Å². The van der Waals surface area contributed by atoms with E-state index in [1.807, 2.05) is 0 Å². The zero-order valence-electron chi connectivity index (χ0n) is 19.4. The third-order valence-corrected chi connectivity index (χ3v) is 7.26. The Morgan fingerprint density at radius 2 is 1.94 bits per heavy atom. The SMILES string of the molecule is CN(C)C1(c2ccccc2)CCC(CNc2cc(F)cc(O[C@@H]3CN[C@H](C(=O)O)C3)c2)CC1. The van der Waals surface area contributed by atoms with E-state index < -0.39 is 12.0 Å². The summed E-state index contributed by atoms with van der Waals surface area (Å²) in [6, 6.07) is 14.8. The number of halogens is 1. The average molecular weight is 456 g/mol. The van der Waals surface area contributed by atoms with Gasteiger partial charge >= 0.3 is 5.97 Å². The highest BCUT2D eigenvalue weighted by molar-refractivity contribution is 5.73. The van der Waals surface area contributed by atoms with Gasteiger partial charge in [0.2, 0.25) is 0 Å². The van der Waals surface area contributed by atoms with Crippen molar-refractivity contribution in [3.63, 3.8) is 0 Å². The van der Waals surface area contributed by atoms with Gasteiger partial charge in [0.15, 0.2) is 0 Å². The van der Waals surface area contributed by atoms with E-state index in [1.54, 1.807) is 6.07 Å². The first-order valence-electron chi connectivity index (χ1n) is 11.8. The van der Waals surface area contributed by atoms with Crippen molar-refractivity contribution in [2.24, 2.45) is 5.92 Å². The molecule has 0 amide bonds. The van der Waals surface area contributed by atoms with Crippen molar-refractivity contribution in [2.75, 3.05) is 32.5 Å². The standard InChI is InChI=1S/C26H34FN3O3/c1-30(2)26(19-6-4-3-5-7-19)10-8-18(9-11-26)16-28-21-12-20(27)13-22(14-21)33-23-15-24(25(31)32)29-17-23/h3-7,12-14,18,23-24,28-29H,8-11,15-17H2,1-2H3,(H,31,32)/t18?,23-,24-,26?/m0/s1. The molecule has 1 aliphatic heterocycles. The highest BCUT2D eigenvalue weighted by atomic mass is 19.1. The van der Waals surface area contributed by atoms with Gasteiger partial charge in [0.1, 0.15) is 23.7 Å². The van der Waals surface area contributed by atoms with E-state index in [-0.39, 0.29) is 17.5 Å². The third kappa shape index (κ3) is 5.47. The molecule has 0 radical (unpaired) electrons. The first kappa shape index (κ1) is 23.5. The Balaban J connectivity index is 1.33. The van der Waals surface area contributed by atoms with Crippen molar-refractivity contribution in [3.05, 3.63) is 59.9 Å². The van der Waals surface area contributed by atoms with E-state index in [0.717, 1.165) is 32.2 Å². The van der Waals surface area contributed by atoms with Crippen LogP contribution in [0.4, 0.5) is 10.1 Å². The van der Waals surface area contributed by atoms with Gasteiger partial charge < -0.3 is 20.5 Å². The number of ether oxygens (including phenoxy) is 1. The van der Waals surface area contributed by atoms with Crippen LogP contribution in [-0.2, 0) is 10.3 Å². The molecule has 0 spiro atoms. The molecule has 7 heteroatoms. The van der Waals surface area contributed by atoms with E-state index in [2.05, 4.69) is 60.0 Å². The monoisotopic (exact) mass is 455 g/mol. The minimum atomic E-state index is -0.888. The molecule has 1 saturated carbocycles.